The first-order valence-electron chi connectivity index (χ1n) is 30.3. The zero-order valence-corrected chi connectivity index (χ0v) is 46.8. The zero-order valence-electron chi connectivity index (χ0n) is 46.8. The average molecular weight is 1100 g/mol. The minimum Gasteiger partial charge on any atom is -0.342 e. The maximum atomic E-state index is 15.3. The highest BCUT2D eigenvalue weighted by atomic mass is 19.1. The predicted molar refractivity (Wildman–Crippen MR) is 307 cm³/mol. The van der Waals surface area contributed by atoms with E-state index >= 15 is 9.18 Å². The monoisotopic (exact) mass is 1100 g/mol. The molecule has 1 spiro atoms. The van der Waals surface area contributed by atoms with E-state index in [-0.39, 0.29) is 77.0 Å². The molecule has 8 heterocycles. The number of pyridine rings is 1. The van der Waals surface area contributed by atoms with Gasteiger partial charge in [-0.05, 0) is 170 Å². The van der Waals surface area contributed by atoms with E-state index < -0.39 is 5.41 Å². The van der Waals surface area contributed by atoms with Crippen LogP contribution in [0.25, 0.3) is 22.3 Å². The Morgan fingerprint density at radius 2 is 1.41 bits per heavy atom. The number of anilines is 4. The number of carbonyl (C=O) groups excluding carboxylic acids is 6. The molecule has 1 unspecified atom stereocenters. The molecular formula is C64H75FN10O6. The van der Waals surface area contributed by atoms with Crippen LogP contribution in [0.1, 0.15) is 145 Å². The molecule has 0 bridgehead atoms. The highest BCUT2D eigenvalue weighted by Crippen LogP contribution is 2.53. The Hall–Kier alpha value is -7.01. The topological polar surface area (TPSA) is 173 Å². The minimum absolute atomic E-state index is 0.0708. The number of hydrogen-bond donors (Lipinski definition) is 2. The van der Waals surface area contributed by atoms with Crippen LogP contribution in [0.4, 0.5) is 27.3 Å². The number of nitrogens with one attached hydrogen (secondary N) is 2. The van der Waals surface area contributed by atoms with Crippen LogP contribution in [0.15, 0.2) is 73.1 Å². The van der Waals surface area contributed by atoms with Crippen molar-refractivity contribution >= 4 is 69.4 Å². The molecule has 5 aromatic rings. The average Bonchev–Trinajstić information content (AvgIpc) is 4.25. The van der Waals surface area contributed by atoms with E-state index in [1.807, 2.05) is 43.5 Å². The molecule has 17 heteroatoms. The van der Waals surface area contributed by atoms with E-state index in [2.05, 4.69) is 52.5 Å². The van der Waals surface area contributed by atoms with Crippen LogP contribution >= 0.6 is 0 Å². The smallest absolute Gasteiger partial charge is 0.238 e. The number of para-hydroxylation sites is 1. The molecule has 81 heavy (non-hydrogen) atoms. The number of fused-ring (bicyclic) bond motifs is 4. The molecule has 6 fully saturated rings. The van der Waals surface area contributed by atoms with Crippen LogP contribution < -0.4 is 20.4 Å². The zero-order chi connectivity index (χ0) is 55.7. The summed E-state index contributed by atoms with van der Waals surface area (Å²) in [5.74, 6) is -0.740. The maximum Gasteiger partial charge on any atom is 0.238 e. The van der Waals surface area contributed by atoms with Crippen LogP contribution in [-0.4, -0.2) is 123 Å². The fourth-order valence-corrected chi connectivity index (χ4v) is 15.2. The van der Waals surface area contributed by atoms with E-state index in [4.69, 9.17) is 9.97 Å². The van der Waals surface area contributed by atoms with Crippen LogP contribution in [-0.2, 0) is 40.6 Å². The van der Waals surface area contributed by atoms with Gasteiger partial charge in [0.1, 0.15) is 11.3 Å². The number of halogens is 1. The lowest BCUT2D eigenvalue weighted by Gasteiger charge is -2.48. The van der Waals surface area contributed by atoms with Gasteiger partial charge in [0.15, 0.2) is 5.82 Å². The van der Waals surface area contributed by atoms with Crippen LogP contribution in [0.3, 0.4) is 0 Å². The predicted octanol–water partition coefficient (Wildman–Crippen LogP) is 9.33. The molecule has 2 aliphatic carbocycles. The van der Waals surface area contributed by atoms with Gasteiger partial charge in [-0.2, -0.15) is 0 Å². The molecule has 8 aliphatic rings. The largest absolute Gasteiger partial charge is 0.342 e. The third kappa shape index (κ3) is 9.77. The van der Waals surface area contributed by atoms with Crippen molar-refractivity contribution in [1.82, 2.24) is 34.6 Å². The third-order valence-electron chi connectivity index (χ3n) is 19.9. The highest BCUT2D eigenvalue weighted by Gasteiger charge is 2.56. The van der Waals surface area contributed by atoms with E-state index in [1.165, 1.54) is 25.3 Å². The number of likely N-dealkylation sites (tertiary alicyclic amines) is 3. The second-order valence-electron chi connectivity index (χ2n) is 24.9. The SMILES string of the molecule is CC(C)n1cnc2cc(-c3ccc4c(c3)N(C3CC(N5CCCCC5)C3)C(=O)C43CCN(C(=O)C4CCN(C(=O)C5CCC(C(=O)N6CCCc7cc(C8CCC(=O)NC8=O)ccc76)CC5)CC4)CC3)nc(Nc3ccccc3F)c21. The lowest BCUT2D eigenvalue weighted by molar-refractivity contribution is -0.145. The van der Waals surface area contributed by atoms with Gasteiger partial charge in [0, 0.05) is 92.0 Å². The van der Waals surface area contributed by atoms with Gasteiger partial charge in [-0.3, -0.25) is 34.1 Å². The highest BCUT2D eigenvalue weighted by molar-refractivity contribution is 6.10. The van der Waals surface area contributed by atoms with Gasteiger partial charge in [-0.15, -0.1) is 0 Å². The van der Waals surface area contributed by atoms with Gasteiger partial charge in [0.2, 0.25) is 35.4 Å². The number of hydrogen-bond acceptors (Lipinski definition) is 10. The summed E-state index contributed by atoms with van der Waals surface area (Å²) in [5.41, 5.74) is 7.37. The van der Waals surface area contributed by atoms with Crippen LogP contribution in [0.2, 0.25) is 0 Å². The number of nitrogens with zero attached hydrogens (tertiary/aromatic N) is 8. The van der Waals surface area contributed by atoms with Crippen molar-refractivity contribution in [1.29, 1.82) is 0 Å². The van der Waals surface area contributed by atoms with Crippen molar-refractivity contribution in [2.24, 2.45) is 17.8 Å². The third-order valence-corrected chi connectivity index (χ3v) is 19.9. The standard InChI is InChI=1S/C64H75FN10O6/c1-39(2)74-38-66-53-37-52(68-58(57(53)74)67-51-11-5-4-10-50(51)65)44-16-19-49-55(34-44)75(47-35-46(36-47)70-26-6-3-7-27-70)63(81)64(49)24-31-72(32-25-64)61(79)42-22-29-71(30-23-42)60(78)40-12-14-41(15-13-40)62(80)73-28-8-9-45-33-43(17-20-54(45)73)48-18-21-56(76)69-59(48)77/h4-5,10-11,16-17,19-20,33-34,37-42,46-48H,3,6-9,12-15,18,21-32,35-36H2,1-2H3,(H,67,68)(H,69,76,77). The molecule has 2 aromatic heterocycles. The number of carbonyl (C=O) groups is 6. The molecule has 424 valence electrons. The Morgan fingerprint density at radius 1 is 0.704 bits per heavy atom. The summed E-state index contributed by atoms with van der Waals surface area (Å²) in [7, 11) is 0. The van der Waals surface area contributed by atoms with Crippen molar-refractivity contribution < 1.29 is 33.2 Å². The fourth-order valence-electron chi connectivity index (χ4n) is 15.2. The summed E-state index contributed by atoms with van der Waals surface area (Å²) in [6, 6.07) is 21.4. The van der Waals surface area contributed by atoms with Crippen molar-refractivity contribution in [2.45, 2.75) is 152 Å². The lowest BCUT2D eigenvalue weighted by atomic mass is 9.73. The molecule has 2 saturated carbocycles. The molecule has 3 aromatic carbocycles. The Labute approximate surface area is 473 Å². The number of benzene rings is 3. The van der Waals surface area contributed by atoms with Crippen LogP contribution in [0.5, 0.6) is 0 Å². The summed E-state index contributed by atoms with van der Waals surface area (Å²) in [6.45, 7) is 9.05. The van der Waals surface area contributed by atoms with E-state index in [1.54, 1.807) is 24.5 Å². The number of rotatable bonds is 10. The van der Waals surface area contributed by atoms with Gasteiger partial charge in [0.05, 0.1) is 34.6 Å². The maximum absolute atomic E-state index is 15.3. The van der Waals surface area contributed by atoms with E-state index in [9.17, 15) is 24.0 Å². The number of aromatic nitrogens is 3. The molecule has 6 aliphatic heterocycles. The summed E-state index contributed by atoms with van der Waals surface area (Å²) in [6.07, 6.45) is 14.7. The van der Waals surface area contributed by atoms with Crippen molar-refractivity contribution in [3.05, 3.63) is 95.6 Å². The number of piperidine rings is 4. The molecule has 6 amide bonds. The minimum atomic E-state index is -0.757. The Kier molecular flexibility index (Phi) is 14.3. The van der Waals surface area contributed by atoms with Crippen molar-refractivity contribution in [2.75, 3.05) is 60.9 Å². The molecule has 13 rings (SSSR count). The van der Waals surface area contributed by atoms with Gasteiger partial charge >= 0.3 is 0 Å². The molecule has 0 radical (unpaired) electrons. The summed E-state index contributed by atoms with van der Waals surface area (Å²) >= 11 is 0. The van der Waals surface area contributed by atoms with Crippen molar-refractivity contribution in [3.63, 3.8) is 0 Å². The first kappa shape index (κ1) is 53.3. The summed E-state index contributed by atoms with van der Waals surface area (Å²) in [4.78, 5) is 103. The summed E-state index contributed by atoms with van der Waals surface area (Å²) < 4.78 is 17.2. The molecule has 2 N–H and O–H groups in total. The number of imidazole rings is 1. The summed E-state index contributed by atoms with van der Waals surface area (Å²) in [5, 5.41) is 5.75. The second-order valence-corrected chi connectivity index (χ2v) is 24.9. The van der Waals surface area contributed by atoms with Gasteiger partial charge in [-0.1, -0.05) is 42.8 Å². The number of amides is 6. The van der Waals surface area contributed by atoms with Crippen molar-refractivity contribution in [3.8, 4) is 11.3 Å². The molecular weight excluding hydrogens is 1020 g/mol. The second kappa shape index (κ2) is 21.7. The normalized spacial score (nSPS) is 25.2. The molecule has 16 nitrogen and oxygen atoms in total. The van der Waals surface area contributed by atoms with Gasteiger partial charge in [0.25, 0.3) is 0 Å². The Balaban J connectivity index is 0.656. The Bertz CT molecular complexity index is 3300. The number of aryl methyl sites for hydroxylation is 1. The first-order valence-corrected chi connectivity index (χ1v) is 30.3. The van der Waals surface area contributed by atoms with Gasteiger partial charge in [-0.25, -0.2) is 14.4 Å². The molecule has 4 saturated heterocycles. The quantitative estimate of drug-likeness (QED) is 0.128. The lowest BCUT2D eigenvalue weighted by Crippen LogP contribution is -2.58. The fraction of sp³-hybridized carbons (Fsp3) is 0.531. The Morgan fingerprint density at radius 3 is 2.12 bits per heavy atom. The number of imide groups is 1. The van der Waals surface area contributed by atoms with E-state index in [0.717, 1.165) is 83.4 Å². The molecule has 1 atom stereocenters. The van der Waals surface area contributed by atoms with E-state index in [0.29, 0.717) is 120 Å². The first-order chi connectivity index (χ1) is 39.3. The van der Waals surface area contributed by atoms with Gasteiger partial charge < -0.3 is 34.4 Å². The van der Waals surface area contributed by atoms with Crippen LogP contribution in [0, 0.1) is 23.6 Å².